The zero-order valence-corrected chi connectivity index (χ0v) is 14.5. The van der Waals surface area contributed by atoms with Gasteiger partial charge in [-0.15, -0.1) is 0 Å². The van der Waals surface area contributed by atoms with Crippen LogP contribution in [0.25, 0.3) is 0 Å². The first-order chi connectivity index (χ1) is 9.62. The third-order valence-electron chi connectivity index (χ3n) is 4.45. The predicted octanol–water partition coefficient (Wildman–Crippen LogP) is 2.82. The summed E-state index contributed by atoms with van der Waals surface area (Å²) in [7, 11) is 0. The van der Waals surface area contributed by atoms with Crippen LogP contribution in [0.1, 0.15) is 53.9 Å². The second-order valence-corrected chi connectivity index (χ2v) is 6.66. The molecule has 0 amide bonds. The molecule has 0 aromatic heterocycles. The first-order valence-corrected chi connectivity index (χ1v) is 8.82. The standard InChI is InChI=1S/C17H37N3/c1-6-9-16(18-8-3)17(7-2)20-12-10-19(11-13-20)14-15(4)5/h15-18H,6-14H2,1-5H3. The number of hydrogen-bond donors (Lipinski definition) is 1. The normalized spacial score (nSPS) is 21.3. The highest BCUT2D eigenvalue weighted by Gasteiger charge is 2.28. The molecule has 1 aliphatic heterocycles. The smallest absolute Gasteiger partial charge is 0.0247 e. The Morgan fingerprint density at radius 3 is 2.10 bits per heavy atom. The van der Waals surface area contributed by atoms with Crippen molar-refractivity contribution in [3.63, 3.8) is 0 Å². The molecule has 1 rings (SSSR count). The summed E-state index contributed by atoms with van der Waals surface area (Å²) in [5, 5.41) is 3.72. The van der Waals surface area contributed by atoms with E-state index in [0.717, 1.165) is 18.5 Å². The molecule has 3 heteroatoms. The lowest BCUT2D eigenvalue weighted by Gasteiger charge is -2.42. The average Bonchev–Trinajstić information content (AvgIpc) is 2.41. The number of rotatable bonds is 9. The number of nitrogens with one attached hydrogen (secondary N) is 1. The summed E-state index contributed by atoms with van der Waals surface area (Å²) in [4.78, 5) is 5.37. The highest BCUT2D eigenvalue weighted by Crippen LogP contribution is 2.16. The predicted molar refractivity (Wildman–Crippen MR) is 89.3 cm³/mol. The molecule has 0 saturated carbocycles. The zero-order valence-electron chi connectivity index (χ0n) is 14.5. The van der Waals surface area contributed by atoms with E-state index in [9.17, 15) is 0 Å². The van der Waals surface area contributed by atoms with Crippen LogP contribution in [0.15, 0.2) is 0 Å². The Hall–Kier alpha value is -0.120. The van der Waals surface area contributed by atoms with Crippen LogP contribution < -0.4 is 5.32 Å². The Morgan fingerprint density at radius 2 is 1.65 bits per heavy atom. The van der Waals surface area contributed by atoms with Gasteiger partial charge in [0.2, 0.25) is 0 Å². The molecule has 2 unspecified atom stereocenters. The van der Waals surface area contributed by atoms with E-state index in [4.69, 9.17) is 0 Å². The van der Waals surface area contributed by atoms with Gasteiger partial charge in [0.05, 0.1) is 0 Å². The van der Waals surface area contributed by atoms with Crippen LogP contribution in [0.4, 0.5) is 0 Å². The van der Waals surface area contributed by atoms with Gasteiger partial charge in [-0.3, -0.25) is 4.90 Å². The van der Waals surface area contributed by atoms with Gasteiger partial charge in [-0.05, 0) is 25.3 Å². The molecule has 0 aromatic rings. The summed E-state index contributed by atoms with van der Waals surface area (Å²) in [5.74, 6) is 0.790. The molecular weight excluding hydrogens is 246 g/mol. The lowest BCUT2D eigenvalue weighted by atomic mass is 9.98. The van der Waals surface area contributed by atoms with Gasteiger partial charge in [0.1, 0.15) is 0 Å². The molecule has 3 nitrogen and oxygen atoms in total. The Labute approximate surface area is 127 Å². The Bertz CT molecular complexity index is 228. The minimum Gasteiger partial charge on any atom is -0.313 e. The number of hydrogen-bond acceptors (Lipinski definition) is 3. The molecule has 1 aliphatic rings. The lowest BCUT2D eigenvalue weighted by Crippen LogP contribution is -2.56. The Morgan fingerprint density at radius 1 is 1.00 bits per heavy atom. The number of likely N-dealkylation sites (N-methyl/N-ethyl adjacent to an activating group) is 1. The van der Waals surface area contributed by atoms with E-state index in [2.05, 4.69) is 49.7 Å². The van der Waals surface area contributed by atoms with E-state index >= 15 is 0 Å². The summed E-state index contributed by atoms with van der Waals surface area (Å²) < 4.78 is 0. The lowest BCUT2D eigenvalue weighted by molar-refractivity contribution is 0.0692. The highest BCUT2D eigenvalue weighted by atomic mass is 15.3. The van der Waals surface area contributed by atoms with Crippen molar-refractivity contribution in [1.29, 1.82) is 0 Å². The quantitative estimate of drug-likeness (QED) is 0.702. The monoisotopic (exact) mass is 283 g/mol. The minimum absolute atomic E-state index is 0.673. The van der Waals surface area contributed by atoms with Crippen molar-refractivity contribution >= 4 is 0 Å². The van der Waals surface area contributed by atoms with Gasteiger partial charge in [0.15, 0.2) is 0 Å². The number of nitrogens with zero attached hydrogens (tertiary/aromatic N) is 2. The van der Waals surface area contributed by atoms with Gasteiger partial charge in [-0.2, -0.15) is 0 Å². The van der Waals surface area contributed by atoms with Crippen molar-refractivity contribution < 1.29 is 0 Å². The van der Waals surface area contributed by atoms with Gasteiger partial charge in [-0.25, -0.2) is 0 Å². The second kappa shape index (κ2) is 9.75. The molecule has 20 heavy (non-hydrogen) atoms. The summed E-state index contributed by atoms with van der Waals surface area (Å²) in [6.07, 6.45) is 3.85. The SMILES string of the molecule is CCCC(NCC)C(CC)N1CCN(CC(C)C)CC1. The molecule has 2 atom stereocenters. The maximum Gasteiger partial charge on any atom is 0.0247 e. The van der Waals surface area contributed by atoms with E-state index in [0.29, 0.717) is 6.04 Å². The molecular formula is C17H37N3. The third-order valence-corrected chi connectivity index (χ3v) is 4.45. The van der Waals surface area contributed by atoms with Crippen LogP contribution in [0, 0.1) is 5.92 Å². The molecule has 120 valence electrons. The highest BCUT2D eigenvalue weighted by molar-refractivity contribution is 4.86. The van der Waals surface area contributed by atoms with Crippen molar-refractivity contribution in [2.45, 2.75) is 66.0 Å². The molecule has 0 aromatic carbocycles. The summed E-state index contributed by atoms with van der Waals surface area (Å²) in [6, 6.07) is 1.39. The van der Waals surface area contributed by atoms with Crippen molar-refractivity contribution in [2.24, 2.45) is 5.92 Å². The van der Waals surface area contributed by atoms with Gasteiger partial charge in [0, 0.05) is 44.8 Å². The van der Waals surface area contributed by atoms with Gasteiger partial charge < -0.3 is 10.2 Å². The van der Waals surface area contributed by atoms with Crippen LogP contribution in [-0.4, -0.2) is 61.2 Å². The second-order valence-electron chi connectivity index (χ2n) is 6.66. The zero-order chi connectivity index (χ0) is 15.0. The largest absolute Gasteiger partial charge is 0.313 e. The summed E-state index contributed by atoms with van der Waals surface area (Å²) in [5.41, 5.74) is 0. The van der Waals surface area contributed by atoms with Crippen LogP contribution in [-0.2, 0) is 0 Å². The van der Waals surface area contributed by atoms with Crippen LogP contribution in [0.2, 0.25) is 0 Å². The van der Waals surface area contributed by atoms with Gasteiger partial charge in [0.25, 0.3) is 0 Å². The average molecular weight is 284 g/mol. The van der Waals surface area contributed by atoms with Crippen molar-refractivity contribution in [3.8, 4) is 0 Å². The van der Waals surface area contributed by atoms with E-state index in [1.54, 1.807) is 0 Å². The fourth-order valence-corrected chi connectivity index (χ4v) is 3.59. The van der Waals surface area contributed by atoms with E-state index in [1.807, 2.05) is 0 Å². The molecule has 0 spiro atoms. The molecule has 0 aliphatic carbocycles. The molecule has 0 bridgehead atoms. The molecule has 1 heterocycles. The molecule has 1 saturated heterocycles. The molecule has 0 radical (unpaired) electrons. The third kappa shape index (κ3) is 5.71. The van der Waals surface area contributed by atoms with Gasteiger partial charge in [-0.1, -0.05) is 41.0 Å². The maximum atomic E-state index is 3.72. The first kappa shape index (κ1) is 17.9. The number of piperazine rings is 1. The van der Waals surface area contributed by atoms with Crippen molar-refractivity contribution in [2.75, 3.05) is 39.3 Å². The molecule has 1 N–H and O–H groups in total. The van der Waals surface area contributed by atoms with E-state index < -0.39 is 0 Å². The van der Waals surface area contributed by atoms with Gasteiger partial charge >= 0.3 is 0 Å². The summed E-state index contributed by atoms with van der Waals surface area (Å²) >= 11 is 0. The fourth-order valence-electron chi connectivity index (χ4n) is 3.59. The topological polar surface area (TPSA) is 18.5 Å². The van der Waals surface area contributed by atoms with Crippen LogP contribution >= 0.6 is 0 Å². The first-order valence-electron chi connectivity index (χ1n) is 8.82. The van der Waals surface area contributed by atoms with Crippen molar-refractivity contribution in [3.05, 3.63) is 0 Å². The van der Waals surface area contributed by atoms with E-state index in [-0.39, 0.29) is 0 Å². The molecule has 1 fully saturated rings. The van der Waals surface area contributed by atoms with Crippen LogP contribution in [0.3, 0.4) is 0 Å². The maximum absolute atomic E-state index is 3.72. The van der Waals surface area contributed by atoms with E-state index in [1.165, 1.54) is 52.0 Å². The van der Waals surface area contributed by atoms with Crippen LogP contribution in [0.5, 0.6) is 0 Å². The Kier molecular flexibility index (Phi) is 8.74. The Balaban J connectivity index is 2.50. The fraction of sp³-hybridized carbons (Fsp3) is 1.00. The van der Waals surface area contributed by atoms with Crippen molar-refractivity contribution in [1.82, 2.24) is 15.1 Å². The minimum atomic E-state index is 0.673. The summed E-state index contributed by atoms with van der Waals surface area (Å²) in [6.45, 7) is 18.9.